The Bertz CT molecular complexity index is 365. The molecular weight excluding hydrogens is 226 g/mol. The summed E-state index contributed by atoms with van der Waals surface area (Å²) >= 11 is 4.56. The first-order valence-corrected chi connectivity index (χ1v) is 7.25. The maximum absolute atomic E-state index is 4.56. The molecule has 2 heteroatoms. The number of benzene rings is 1. The third kappa shape index (κ3) is 2.62. The summed E-state index contributed by atoms with van der Waals surface area (Å²) in [7, 11) is 0. The first kappa shape index (κ1) is 12.8. The Kier molecular flexibility index (Phi) is 4.03. The van der Waals surface area contributed by atoms with Gasteiger partial charge in [-0.25, -0.2) is 0 Å². The number of rotatable bonds is 5. The van der Waals surface area contributed by atoms with Gasteiger partial charge >= 0.3 is 0 Å². The van der Waals surface area contributed by atoms with E-state index in [1.807, 2.05) is 0 Å². The fraction of sp³-hybridized carbons (Fsp3) is 0.600. The Morgan fingerprint density at radius 3 is 2.47 bits per heavy atom. The van der Waals surface area contributed by atoms with Crippen molar-refractivity contribution in [3.63, 3.8) is 0 Å². The first-order valence-electron chi connectivity index (χ1n) is 6.62. The van der Waals surface area contributed by atoms with Crippen LogP contribution < -0.4 is 4.90 Å². The molecule has 17 heavy (non-hydrogen) atoms. The van der Waals surface area contributed by atoms with Crippen molar-refractivity contribution in [2.24, 2.45) is 5.41 Å². The minimum Gasteiger partial charge on any atom is -0.371 e. The SMILES string of the molecule is CCN(CC1(CS)CCC1)c1ccccc1C. The molecular formula is C15H23NS. The van der Waals surface area contributed by atoms with Crippen LogP contribution in [-0.2, 0) is 0 Å². The summed E-state index contributed by atoms with van der Waals surface area (Å²) in [4.78, 5) is 2.52. The van der Waals surface area contributed by atoms with Gasteiger partial charge in [0.2, 0.25) is 0 Å². The highest BCUT2D eigenvalue weighted by molar-refractivity contribution is 7.80. The van der Waals surface area contributed by atoms with Gasteiger partial charge in [-0.3, -0.25) is 0 Å². The highest BCUT2D eigenvalue weighted by Gasteiger charge is 2.37. The minimum absolute atomic E-state index is 0.474. The van der Waals surface area contributed by atoms with Gasteiger partial charge in [0.1, 0.15) is 0 Å². The van der Waals surface area contributed by atoms with Crippen LogP contribution in [0.4, 0.5) is 5.69 Å². The molecule has 0 aromatic heterocycles. The van der Waals surface area contributed by atoms with Crippen LogP contribution in [0.25, 0.3) is 0 Å². The molecule has 1 aromatic rings. The van der Waals surface area contributed by atoms with Gasteiger partial charge in [0.05, 0.1) is 0 Å². The van der Waals surface area contributed by atoms with Crippen LogP contribution in [0.3, 0.4) is 0 Å². The van der Waals surface area contributed by atoms with Gasteiger partial charge in [-0.05, 0) is 49.5 Å². The molecule has 1 aliphatic carbocycles. The lowest BCUT2D eigenvalue weighted by atomic mass is 9.70. The van der Waals surface area contributed by atoms with E-state index in [1.165, 1.54) is 30.5 Å². The van der Waals surface area contributed by atoms with Crippen molar-refractivity contribution in [3.8, 4) is 0 Å². The molecule has 0 aliphatic heterocycles. The molecule has 94 valence electrons. The van der Waals surface area contributed by atoms with E-state index < -0.39 is 0 Å². The van der Waals surface area contributed by atoms with Gasteiger partial charge in [0, 0.05) is 18.8 Å². The second-order valence-electron chi connectivity index (χ2n) is 5.31. The molecule has 0 radical (unpaired) electrons. The fourth-order valence-corrected chi connectivity index (χ4v) is 3.15. The molecule has 0 N–H and O–H groups in total. The predicted octanol–water partition coefficient (Wildman–Crippen LogP) is 3.92. The van der Waals surface area contributed by atoms with Crippen molar-refractivity contribution >= 4 is 18.3 Å². The van der Waals surface area contributed by atoms with Crippen LogP contribution in [0.15, 0.2) is 24.3 Å². The lowest BCUT2D eigenvalue weighted by Gasteiger charge is -2.45. The maximum Gasteiger partial charge on any atom is 0.0396 e. The quantitative estimate of drug-likeness (QED) is 0.774. The number of para-hydroxylation sites is 1. The van der Waals surface area contributed by atoms with Gasteiger partial charge in [0.25, 0.3) is 0 Å². The second-order valence-corrected chi connectivity index (χ2v) is 5.63. The van der Waals surface area contributed by atoms with Crippen LogP contribution in [0.5, 0.6) is 0 Å². The van der Waals surface area contributed by atoms with Crippen LogP contribution in [0.2, 0.25) is 0 Å². The van der Waals surface area contributed by atoms with E-state index >= 15 is 0 Å². The number of thiol groups is 1. The van der Waals surface area contributed by atoms with Crippen molar-refractivity contribution in [1.29, 1.82) is 0 Å². The van der Waals surface area contributed by atoms with E-state index in [9.17, 15) is 0 Å². The van der Waals surface area contributed by atoms with Crippen molar-refractivity contribution < 1.29 is 0 Å². The predicted molar refractivity (Wildman–Crippen MR) is 79.2 cm³/mol. The van der Waals surface area contributed by atoms with E-state index in [0.29, 0.717) is 5.41 Å². The zero-order valence-electron chi connectivity index (χ0n) is 10.9. The van der Waals surface area contributed by atoms with Gasteiger partial charge < -0.3 is 4.90 Å². The first-order chi connectivity index (χ1) is 8.21. The normalized spacial score (nSPS) is 17.6. The summed E-state index contributed by atoms with van der Waals surface area (Å²) in [5.74, 6) is 1.02. The molecule has 1 aliphatic rings. The third-order valence-electron chi connectivity index (χ3n) is 4.11. The monoisotopic (exact) mass is 249 g/mol. The lowest BCUT2D eigenvalue weighted by Crippen LogP contribution is -2.44. The van der Waals surface area contributed by atoms with Crippen molar-refractivity contribution in [3.05, 3.63) is 29.8 Å². The Balaban J connectivity index is 2.14. The number of aryl methyl sites for hydroxylation is 1. The average Bonchev–Trinajstić information content (AvgIpc) is 2.30. The highest BCUT2D eigenvalue weighted by atomic mass is 32.1. The molecule has 1 nitrogen and oxygen atoms in total. The fourth-order valence-electron chi connectivity index (χ4n) is 2.73. The molecule has 0 bridgehead atoms. The Hall–Kier alpha value is -0.630. The van der Waals surface area contributed by atoms with E-state index in [1.54, 1.807) is 0 Å². The summed E-state index contributed by atoms with van der Waals surface area (Å²) in [5.41, 5.74) is 3.24. The van der Waals surface area contributed by atoms with Crippen LogP contribution in [-0.4, -0.2) is 18.8 Å². The van der Waals surface area contributed by atoms with Gasteiger partial charge in [-0.2, -0.15) is 12.6 Å². The van der Waals surface area contributed by atoms with Gasteiger partial charge in [-0.1, -0.05) is 24.6 Å². The van der Waals surface area contributed by atoms with Crippen LogP contribution >= 0.6 is 12.6 Å². The van der Waals surface area contributed by atoms with Crippen molar-refractivity contribution in [2.75, 3.05) is 23.7 Å². The summed E-state index contributed by atoms with van der Waals surface area (Å²) < 4.78 is 0. The average molecular weight is 249 g/mol. The van der Waals surface area contributed by atoms with E-state index in [4.69, 9.17) is 0 Å². The molecule has 0 amide bonds. The zero-order chi connectivity index (χ0) is 12.3. The van der Waals surface area contributed by atoms with Gasteiger partial charge in [-0.15, -0.1) is 0 Å². The lowest BCUT2D eigenvalue weighted by molar-refractivity contribution is 0.176. The molecule has 1 aromatic carbocycles. The molecule has 2 rings (SSSR count). The molecule has 0 heterocycles. The van der Waals surface area contributed by atoms with E-state index in [-0.39, 0.29) is 0 Å². The summed E-state index contributed by atoms with van der Waals surface area (Å²) in [6.07, 6.45) is 4.07. The number of hydrogen-bond acceptors (Lipinski definition) is 2. The smallest absolute Gasteiger partial charge is 0.0396 e. The van der Waals surface area contributed by atoms with Crippen molar-refractivity contribution in [1.82, 2.24) is 0 Å². The molecule has 0 spiro atoms. The summed E-state index contributed by atoms with van der Waals surface area (Å²) in [6, 6.07) is 8.69. The summed E-state index contributed by atoms with van der Waals surface area (Å²) in [5, 5.41) is 0. The summed E-state index contributed by atoms with van der Waals surface area (Å²) in [6.45, 7) is 6.70. The van der Waals surface area contributed by atoms with E-state index in [2.05, 4.69) is 55.6 Å². The molecule has 0 saturated heterocycles. The van der Waals surface area contributed by atoms with Crippen LogP contribution in [0.1, 0.15) is 31.7 Å². The van der Waals surface area contributed by atoms with E-state index in [0.717, 1.165) is 18.8 Å². The number of nitrogens with zero attached hydrogens (tertiary/aromatic N) is 1. The highest BCUT2D eigenvalue weighted by Crippen LogP contribution is 2.43. The van der Waals surface area contributed by atoms with Crippen LogP contribution in [0, 0.1) is 12.3 Å². The maximum atomic E-state index is 4.56. The molecule has 1 fully saturated rings. The largest absolute Gasteiger partial charge is 0.371 e. The Morgan fingerprint density at radius 2 is 2.00 bits per heavy atom. The molecule has 1 saturated carbocycles. The van der Waals surface area contributed by atoms with Gasteiger partial charge in [0.15, 0.2) is 0 Å². The topological polar surface area (TPSA) is 3.24 Å². The Labute approximate surface area is 111 Å². The number of anilines is 1. The van der Waals surface area contributed by atoms with Crippen molar-refractivity contribution in [2.45, 2.75) is 33.1 Å². The standard InChI is InChI=1S/C15H23NS/c1-3-16(11-15(12-17)9-6-10-15)14-8-5-4-7-13(14)2/h4-5,7-8,17H,3,6,9-12H2,1-2H3. The molecule has 0 atom stereocenters. The Morgan fingerprint density at radius 1 is 1.29 bits per heavy atom. The second kappa shape index (κ2) is 5.34. The molecule has 0 unspecified atom stereocenters. The third-order valence-corrected chi connectivity index (χ3v) is 4.78. The zero-order valence-corrected chi connectivity index (χ0v) is 11.8. The minimum atomic E-state index is 0.474. The number of hydrogen-bond donors (Lipinski definition) is 1.